The Morgan fingerprint density at radius 2 is 0.842 bits per heavy atom. The van der Waals surface area contributed by atoms with Gasteiger partial charge in [0.1, 0.15) is 0 Å². The lowest BCUT2D eigenvalue weighted by Crippen LogP contribution is -2.01. The van der Waals surface area contributed by atoms with Crippen LogP contribution in [0, 0.1) is 6.57 Å². The number of hydrogen-bond acceptors (Lipinski definition) is 3. The first-order valence-corrected chi connectivity index (χ1v) is 19.0. The number of nitrogens with zero attached hydrogens (tertiary/aromatic N) is 5. The maximum Gasteiger partial charge on any atom is 0.188 e. The zero-order valence-corrected chi connectivity index (χ0v) is 30.6. The minimum atomic E-state index is 0.617. The lowest BCUT2D eigenvalue weighted by molar-refractivity contribution is 1.08. The normalized spacial score (nSPS) is 11.5. The standard InChI is InChI=1S/C52H31N5/c1-53-36-26-30-49-47(32-36)46-31-35(25-29-48(46)57(49)37-17-3-2-4-18-37)40-27-28-45(42-22-10-9-21-41(40)42)52-55-50(43-23-11-15-33-13-5-7-19-38(33)43)54-51(56-52)44-24-12-16-34-14-6-8-20-39(34)44/h2-32H. The molecule has 0 amide bonds. The molecule has 0 radical (unpaired) electrons. The molecule has 0 bridgehead atoms. The van der Waals surface area contributed by atoms with Gasteiger partial charge in [0, 0.05) is 27.8 Å². The fourth-order valence-corrected chi connectivity index (χ4v) is 8.43. The molecule has 0 unspecified atom stereocenters. The van der Waals surface area contributed by atoms with Gasteiger partial charge in [-0.1, -0.05) is 146 Å². The second-order valence-corrected chi connectivity index (χ2v) is 14.3. The third-order valence-electron chi connectivity index (χ3n) is 11.1. The topological polar surface area (TPSA) is 48.0 Å². The summed E-state index contributed by atoms with van der Waals surface area (Å²) >= 11 is 0. The molecule has 5 nitrogen and oxygen atoms in total. The van der Waals surface area contributed by atoms with E-state index in [1.807, 2.05) is 18.2 Å². The van der Waals surface area contributed by atoms with Gasteiger partial charge in [-0.05, 0) is 91.3 Å². The maximum absolute atomic E-state index is 7.76. The molecule has 5 heteroatoms. The van der Waals surface area contributed by atoms with E-state index in [4.69, 9.17) is 21.5 Å². The minimum absolute atomic E-state index is 0.617. The SMILES string of the molecule is [C-]#[N+]c1ccc2c(c1)c1cc(-c3ccc(-c4nc(-c5cccc6ccccc56)nc(-c5cccc6ccccc56)n4)c4ccccc34)ccc1n2-c1ccccc1. The van der Waals surface area contributed by atoms with E-state index < -0.39 is 0 Å². The van der Waals surface area contributed by atoms with Crippen LogP contribution in [0.5, 0.6) is 0 Å². The van der Waals surface area contributed by atoms with Crippen molar-refractivity contribution >= 4 is 59.8 Å². The zero-order chi connectivity index (χ0) is 37.9. The van der Waals surface area contributed by atoms with Crippen molar-refractivity contribution in [2.45, 2.75) is 0 Å². The molecule has 0 fully saturated rings. The lowest BCUT2D eigenvalue weighted by Gasteiger charge is -2.14. The number of aromatic nitrogens is 4. The molecule has 264 valence electrons. The Morgan fingerprint density at radius 1 is 0.368 bits per heavy atom. The van der Waals surface area contributed by atoms with E-state index >= 15 is 0 Å². The molecule has 0 spiro atoms. The molecule has 2 heterocycles. The molecule has 0 atom stereocenters. The minimum Gasteiger partial charge on any atom is -0.309 e. The van der Waals surface area contributed by atoms with E-state index in [0.29, 0.717) is 23.2 Å². The molecule has 9 aromatic carbocycles. The van der Waals surface area contributed by atoms with Crippen molar-refractivity contribution in [3.8, 4) is 51.0 Å². The molecule has 0 aliphatic heterocycles. The summed E-state index contributed by atoms with van der Waals surface area (Å²) in [6.07, 6.45) is 0. The van der Waals surface area contributed by atoms with Gasteiger partial charge < -0.3 is 4.57 Å². The van der Waals surface area contributed by atoms with Crippen LogP contribution in [0.2, 0.25) is 0 Å². The quantitative estimate of drug-likeness (QED) is 0.166. The van der Waals surface area contributed by atoms with Gasteiger partial charge in [0.15, 0.2) is 23.2 Å². The van der Waals surface area contributed by atoms with Crippen molar-refractivity contribution in [3.05, 3.63) is 199 Å². The largest absolute Gasteiger partial charge is 0.309 e. The summed E-state index contributed by atoms with van der Waals surface area (Å²) < 4.78 is 2.28. The Labute approximate surface area is 328 Å². The van der Waals surface area contributed by atoms with Crippen molar-refractivity contribution < 1.29 is 0 Å². The smallest absolute Gasteiger partial charge is 0.188 e. The van der Waals surface area contributed by atoms with Crippen LogP contribution >= 0.6 is 0 Å². The second-order valence-electron chi connectivity index (χ2n) is 14.3. The van der Waals surface area contributed by atoms with Crippen LogP contribution in [0.3, 0.4) is 0 Å². The Morgan fingerprint density at radius 3 is 1.46 bits per heavy atom. The van der Waals surface area contributed by atoms with E-state index in [9.17, 15) is 0 Å². The molecular formula is C52H31N5. The van der Waals surface area contributed by atoms with Gasteiger partial charge in [0.05, 0.1) is 17.6 Å². The Balaban J connectivity index is 1.13. The summed E-state index contributed by atoms with van der Waals surface area (Å²) in [5.74, 6) is 1.88. The highest BCUT2D eigenvalue weighted by Crippen LogP contribution is 2.41. The monoisotopic (exact) mass is 725 g/mol. The molecule has 57 heavy (non-hydrogen) atoms. The summed E-state index contributed by atoms with van der Waals surface area (Å²) in [6, 6.07) is 65.3. The summed E-state index contributed by atoms with van der Waals surface area (Å²) in [5, 5.41) is 8.75. The molecule has 0 N–H and O–H groups in total. The fraction of sp³-hybridized carbons (Fsp3) is 0. The molecule has 0 saturated heterocycles. The first kappa shape index (κ1) is 32.5. The molecular weight excluding hydrogens is 695 g/mol. The summed E-state index contributed by atoms with van der Waals surface area (Å²) in [6.45, 7) is 7.76. The highest BCUT2D eigenvalue weighted by atomic mass is 15.0. The van der Waals surface area contributed by atoms with Gasteiger partial charge >= 0.3 is 0 Å². The number of para-hydroxylation sites is 1. The van der Waals surface area contributed by atoms with Gasteiger partial charge in [-0.2, -0.15) is 0 Å². The number of benzene rings is 9. The van der Waals surface area contributed by atoms with E-state index in [2.05, 4.69) is 179 Å². The van der Waals surface area contributed by atoms with Crippen molar-refractivity contribution in [3.63, 3.8) is 0 Å². The van der Waals surface area contributed by atoms with Gasteiger partial charge in [0.2, 0.25) is 0 Å². The summed E-state index contributed by atoms with van der Waals surface area (Å²) in [5.41, 5.74) is 8.92. The van der Waals surface area contributed by atoms with Crippen molar-refractivity contribution in [2.75, 3.05) is 0 Å². The first-order valence-electron chi connectivity index (χ1n) is 19.0. The highest BCUT2D eigenvalue weighted by Gasteiger charge is 2.19. The van der Waals surface area contributed by atoms with Crippen LogP contribution in [-0.4, -0.2) is 19.5 Å². The van der Waals surface area contributed by atoms with E-state index in [0.717, 1.165) is 87.6 Å². The number of rotatable bonds is 5. The molecule has 11 aromatic rings. The van der Waals surface area contributed by atoms with Crippen LogP contribution in [0.25, 0.3) is 110 Å². The summed E-state index contributed by atoms with van der Waals surface area (Å²) in [7, 11) is 0. The third kappa shape index (κ3) is 5.35. The van der Waals surface area contributed by atoms with Crippen molar-refractivity contribution in [1.29, 1.82) is 0 Å². The second kappa shape index (κ2) is 13.1. The van der Waals surface area contributed by atoms with E-state index in [1.54, 1.807) is 0 Å². The van der Waals surface area contributed by atoms with Crippen LogP contribution in [0.1, 0.15) is 0 Å². The lowest BCUT2D eigenvalue weighted by atomic mass is 9.93. The Hall–Kier alpha value is -7.94. The van der Waals surface area contributed by atoms with Crippen LogP contribution in [0.4, 0.5) is 5.69 Å². The van der Waals surface area contributed by atoms with Crippen molar-refractivity contribution in [2.24, 2.45) is 0 Å². The highest BCUT2D eigenvalue weighted by molar-refractivity contribution is 6.13. The van der Waals surface area contributed by atoms with Gasteiger partial charge in [-0.25, -0.2) is 19.8 Å². The van der Waals surface area contributed by atoms with Crippen molar-refractivity contribution in [1.82, 2.24) is 19.5 Å². The molecule has 0 aliphatic carbocycles. The van der Waals surface area contributed by atoms with Crippen LogP contribution in [0.15, 0.2) is 188 Å². The number of fused-ring (bicyclic) bond motifs is 6. The molecule has 0 saturated carbocycles. The van der Waals surface area contributed by atoms with Gasteiger partial charge in [-0.3, -0.25) is 0 Å². The van der Waals surface area contributed by atoms with Crippen LogP contribution < -0.4 is 0 Å². The Kier molecular flexibility index (Phi) is 7.48. The van der Waals surface area contributed by atoms with Gasteiger partial charge in [0.25, 0.3) is 0 Å². The maximum atomic E-state index is 7.76. The van der Waals surface area contributed by atoms with E-state index in [1.165, 1.54) is 0 Å². The van der Waals surface area contributed by atoms with Gasteiger partial charge in [-0.15, -0.1) is 0 Å². The molecule has 11 rings (SSSR count). The third-order valence-corrected chi connectivity index (χ3v) is 11.1. The zero-order valence-electron chi connectivity index (χ0n) is 30.6. The van der Waals surface area contributed by atoms with E-state index in [-0.39, 0.29) is 0 Å². The number of hydrogen-bond donors (Lipinski definition) is 0. The predicted octanol–water partition coefficient (Wildman–Crippen LogP) is 13.6. The predicted molar refractivity (Wildman–Crippen MR) is 235 cm³/mol. The summed E-state index contributed by atoms with van der Waals surface area (Å²) in [4.78, 5) is 19.5. The average molecular weight is 726 g/mol. The first-order chi connectivity index (χ1) is 28.2. The molecule has 2 aromatic heterocycles. The fourth-order valence-electron chi connectivity index (χ4n) is 8.43. The Bertz CT molecular complexity index is 3320. The average Bonchev–Trinajstić information content (AvgIpc) is 3.61. The molecule has 0 aliphatic rings. The van der Waals surface area contributed by atoms with Crippen LogP contribution in [-0.2, 0) is 0 Å².